The van der Waals surface area contributed by atoms with Gasteiger partial charge in [-0.2, -0.15) is 11.8 Å². The number of nitrogens with two attached hydrogens (primary N) is 1. The van der Waals surface area contributed by atoms with Crippen molar-refractivity contribution < 1.29 is 5.11 Å². The van der Waals surface area contributed by atoms with E-state index in [1.165, 1.54) is 5.56 Å². The molecule has 1 unspecified atom stereocenters. The summed E-state index contributed by atoms with van der Waals surface area (Å²) < 4.78 is 0. The monoisotopic (exact) mass is 225 g/mol. The van der Waals surface area contributed by atoms with Gasteiger partial charge in [0.2, 0.25) is 0 Å². The zero-order valence-electron chi connectivity index (χ0n) is 9.53. The van der Waals surface area contributed by atoms with Crippen LogP contribution in [-0.2, 0) is 5.75 Å². The Hall–Kier alpha value is -0.830. The number of phenols is 1. The maximum Gasteiger partial charge on any atom is 0.138 e. The summed E-state index contributed by atoms with van der Waals surface area (Å²) >= 11 is 1.91. The van der Waals surface area contributed by atoms with E-state index >= 15 is 0 Å². The summed E-state index contributed by atoms with van der Waals surface area (Å²) in [4.78, 5) is 0. The van der Waals surface area contributed by atoms with Gasteiger partial charge in [0, 0.05) is 11.0 Å². The Bertz CT molecular complexity index is 325. The van der Waals surface area contributed by atoms with E-state index in [0.717, 1.165) is 5.75 Å². The summed E-state index contributed by atoms with van der Waals surface area (Å²) in [6.07, 6.45) is 0. The van der Waals surface area contributed by atoms with E-state index < -0.39 is 0 Å². The molecular weight excluding hydrogens is 206 g/mol. The fraction of sp³-hybridized carbons (Fsp3) is 0.500. The highest BCUT2D eigenvalue weighted by Gasteiger charge is 2.08. The molecule has 0 aliphatic rings. The van der Waals surface area contributed by atoms with Gasteiger partial charge in [-0.05, 0) is 23.6 Å². The minimum Gasteiger partial charge on any atom is -0.506 e. The van der Waals surface area contributed by atoms with Crippen molar-refractivity contribution in [3.8, 4) is 5.75 Å². The summed E-state index contributed by atoms with van der Waals surface area (Å²) in [5.41, 5.74) is 7.26. The predicted octanol–water partition coefficient (Wildman–Crippen LogP) is 3.25. The number of thioether (sulfide) groups is 1. The average molecular weight is 225 g/mol. The normalized spacial score (nSPS) is 13.1. The highest BCUT2D eigenvalue weighted by molar-refractivity contribution is 7.99. The van der Waals surface area contributed by atoms with Gasteiger partial charge >= 0.3 is 0 Å². The second-order valence-corrected chi connectivity index (χ2v) is 5.52. The molecule has 3 heteroatoms. The number of aromatic hydroxyl groups is 1. The lowest BCUT2D eigenvalue weighted by atomic mass is 10.2. The zero-order valence-corrected chi connectivity index (χ0v) is 10.3. The van der Waals surface area contributed by atoms with Crippen LogP contribution in [0.15, 0.2) is 18.2 Å². The fourth-order valence-electron chi connectivity index (χ4n) is 1.11. The molecule has 1 rings (SSSR count). The van der Waals surface area contributed by atoms with Crippen molar-refractivity contribution in [2.45, 2.75) is 31.8 Å². The number of nitrogen functional groups attached to an aromatic ring is 1. The van der Waals surface area contributed by atoms with Gasteiger partial charge < -0.3 is 10.8 Å². The molecule has 84 valence electrons. The summed E-state index contributed by atoms with van der Waals surface area (Å²) in [5.74, 6) is 1.80. The van der Waals surface area contributed by atoms with Crippen LogP contribution in [0.2, 0.25) is 0 Å². The second-order valence-electron chi connectivity index (χ2n) is 4.15. The van der Waals surface area contributed by atoms with Crippen LogP contribution >= 0.6 is 11.8 Å². The lowest BCUT2D eigenvalue weighted by Crippen LogP contribution is -2.05. The Balaban J connectivity index is 2.55. The van der Waals surface area contributed by atoms with Crippen LogP contribution in [-0.4, -0.2) is 10.4 Å². The summed E-state index contributed by atoms with van der Waals surface area (Å²) in [5, 5.41) is 9.92. The molecule has 0 aliphatic carbocycles. The molecule has 1 atom stereocenters. The molecule has 0 amide bonds. The highest BCUT2D eigenvalue weighted by atomic mass is 32.2. The van der Waals surface area contributed by atoms with E-state index in [4.69, 9.17) is 5.73 Å². The molecule has 0 saturated heterocycles. The summed E-state index contributed by atoms with van der Waals surface area (Å²) in [6.45, 7) is 6.69. The average Bonchev–Trinajstić information content (AvgIpc) is 2.19. The Morgan fingerprint density at radius 3 is 2.53 bits per heavy atom. The van der Waals surface area contributed by atoms with Gasteiger partial charge in [-0.15, -0.1) is 0 Å². The first kappa shape index (κ1) is 12.2. The third kappa shape index (κ3) is 3.67. The van der Waals surface area contributed by atoms with E-state index in [1.807, 2.05) is 23.9 Å². The first-order valence-electron chi connectivity index (χ1n) is 5.19. The molecule has 2 nitrogen and oxygen atoms in total. The Morgan fingerprint density at radius 2 is 2.00 bits per heavy atom. The minimum absolute atomic E-state index is 0.167. The molecule has 0 spiro atoms. The zero-order chi connectivity index (χ0) is 11.4. The summed E-state index contributed by atoms with van der Waals surface area (Å²) in [6, 6.07) is 5.42. The molecule has 15 heavy (non-hydrogen) atoms. The largest absolute Gasteiger partial charge is 0.506 e. The third-order valence-electron chi connectivity index (χ3n) is 2.54. The van der Waals surface area contributed by atoms with E-state index in [9.17, 15) is 5.11 Å². The quantitative estimate of drug-likeness (QED) is 0.611. The number of anilines is 1. The van der Waals surface area contributed by atoms with Gasteiger partial charge in [0.25, 0.3) is 0 Å². The molecule has 1 aromatic rings. The SMILES string of the molecule is CC(C)C(C)SCc1ccc(O)c(N)c1. The Morgan fingerprint density at radius 1 is 1.33 bits per heavy atom. The molecule has 0 heterocycles. The molecule has 0 radical (unpaired) electrons. The van der Waals surface area contributed by atoms with E-state index in [1.54, 1.807) is 6.07 Å². The van der Waals surface area contributed by atoms with Crippen LogP contribution in [0, 0.1) is 5.92 Å². The molecule has 3 N–H and O–H groups in total. The lowest BCUT2D eigenvalue weighted by Gasteiger charge is -2.14. The lowest BCUT2D eigenvalue weighted by molar-refractivity contribution is 0.478. The fourth-order valence-corrected chi connectivity index (χ4v) is 2.13. The van der Waals surface area contributed by atoms with E-state index in [2.05, 4.69) is 20.8 Å². The van der Waals surface area contributed by atoms with Gasteiger partial charge in [0.1, 0.15) is 5.75 Å². The first-order chi connectivity index (χ1) is 7.00. The van der Waals surface area contributed by atoms with Gasteiger partial charge in [0.05, 0.1) is 5.69 Å². The number of phenolic OH excluding ortho intramolecular Hbond substituents is 1. The summed E-state index contributed by atoms with van der Waals surface area (Å²) in [7, 11) is 0. The van der Waals surface area contributed by atoms with Crippen LogP contribution in [0.3, 0.4) is 0 Å². The molecular formula is C12H19NOS. The predicted molar refractivity (Wildman–Crippen MR) is 68.1 cm³/mol. The molecule has 0 aliphatic heterocycles. The third-order valence-corrected chi connectivity index (χ3v) is 4.11. The number of hydrogen-bond acceptors (Lipinski definition) is 3. The second kappa shape index (κ2) is 5.31. The van der Waals surface area contributed by atoms with Crippen LogP contribution in [0.4, 0.5) is 5.69 Å². The van der Waals surface area contributed by atoms with Crippen LogP contribution in [0.25, 0.3) is 0 Å². The Kier molecular flexibility index (Phi) is 4.33. The standard InChI is InChI=1S/C12H19NOS/c1-8(2)9(3)15-7-10-4-5-12(14)11(13)6-10/h4-6,8-9,14H,7,13H2,1-3H3. The smallest absolute Gasteiger partial charge is 0.138 e. The van der Waals surface area contributed by atoms with E-state index in [0.29, 0.717) is 16.9 Å². The van der Waals surface area contributed by atoms with Crippen molar-refractivity contribution in [1.82, 2.24) is 0 Å². The van der Waals surface area contributed by atoms with Crippen molar-refractivity contribution in [2.75, 3.05) is 5.73 Å². The molecule has 0 aromatic heterocycles. The minimum atomic E-state index is 0.167. The number of benzene rings is 1. The van der Waals surface area contributed by atoms with Crippen molar-refractivity contribution in [3.05, 3.63) is 23.8 Å². The maximum absolute atomic E-state index is 9.28. The van der Waals surface area contributed by atoms with Crippen LogP contribution < -0.4 is 5.73 Å². The van der Waals surface area contributed by atoms with Crippen LogP contribution in [0.1, 0.15) is 26.3 Å². The van der Waals surface area contributed by atoms with Crippen molar-refractivity contribution in [1.29, 1.82) is 0 Å². The van der Waals surface area contributed by atoms with E-state index in [-0.39, 0.29) is 5.75 Å². The highest BCUT2D eigenvalue weighted by Crippen LogP contribution is 2.26. The van der Waals surface area contributed by atoms with Crippen molar-refractivity contribution >= 4 is 17.4 Å². The maximum atomic E-state index is 9.28. The molecule has 0 fully saturated rings. The molecule has 0 bridgehead atoms. The first-order valence-corrected chi connectivity index (χ1v) is 6.24. The molecule has 0 saturated carbocycles. The van der Waals surface area contributed by atoms with Crippen LogP contribution in [0.5, 0.6) is 5.75 Å². The van der Waals surface area contributed by atoms with Crippen molar-refractivity contribution in [2.24, 2.45) is 5.92 Å². The Labute approximate surface area is 95.9 Å². The molecule has 1 aromatic carbocycles. The topological polar surface area (TPSA) is 46.2 Å². The van der Waals surface area contributed by atoms with Gasteiger partial charge in [-0.25, -0.2) is 0 Å². The van der Waals surface area contributed by atoms with Gasteiger partial charge in [-0.1, -0.05) is 26.8 Å². The number of hydrogen-bond donors (Lipinski definition) is 2. The van der Waals surface area contributed by atoms with Crippen molar-refractivity contribution in [3.63, 3.8) is 0 Å². The number of rotatable bonds is 4. The van der Waals surface area contributed by atoms with Gasteiger partial charge in [-0.3, -0.25) is 0 Å². The van der Waals surface area contributed by atoms with Gasteiger partial charge in [0.15, 0.2) is 0 Å².